The van der Waals surface area contributed by atoms with Gasteiger partial charge in [0.15, 0.2) is 0 Å². The van der Waals surface area contributed by atoms with Crippen LogP contribution in [0, 0.1) is 0 Å². The summed E-state index contributed by atoms with van der Waals surface area (Å²) in [5.41, 5.74) is 10.9. The van der Waals surface area contributed by atoms with Crippen molar-refractivity contribution >= 4 is 41.9 Å². The lowest BCUT2D eigenvalue weighted by Gasteiger charge is -2.28. The van der Waals surface area contributed by atoms with E-state index in [1.165, 1.54) is 0 Å². The Hall–Kier alpha value is -2.02. The highest BCUT2D eigenvalue weighted by Gasteiger charge is 2.22. The van der Waals surface area contributed by atoms with Crippen LogP contribution in [0.25, 0.3) is 11.8 Å². The van der Waals surface area contributed by atoms with Crippen molar-refractivity contribution in [3.8, 4) is 0 Å². The van der Waals surface area contributed by atoms with Crippen LogP contribution in [0.4, 0.5) is 5.69 Å². The van der Waals surface area contributed by atoms with Crippen molar-refractivity contribution in [3.63, 3.8) is 0 Å². The number of unbranched alkanes of at least 4 members (excludes halogenated alkanes) is 5. The van der Waals surface area contributed by atoms with E-state index in [0.29, 0.717) is 18.7 Å². The molecule has 1 heterocycles. The molecule has 0 fully saturated rings. The molecule has 8 heteroatoms. The third-order valence-electron chi connectivity index (χ3n) is 5.55. The summed E-state index contributed by atoms with van der Waals surface area (Å²) in [6, 6.07) is 15.9. The maximum atomic E-state index is 13.2. The molecular weight excluding hydrogens is 443 g/mol. The second kappa shape index (κ2) is 11.7. The van der Waals surface area contributed by atoms with Crippen LogP contribution in [-0.2, 0) is 27.7 Å². The quantitative estimate of drug-likeness (QED) is 0.333. The van der Waals surface area contributed by atoms with Crippen molar-refractivity contribution in [2.45, 2.75) is 51.5 Å². The van der Waals surface area contributed by atoms with Crippen LogP contribution in [0.15, 0.2) is 48.5 Å². The number of rotatable bonds is 10. The molecule has 32 heavy (non-hydrogen) atoms. The second-order valence-corrected chi connectivity index (χ2v) is 10.7. The second-order valence-electron chi connectivity index (χ2n) is 7.99. The Morgan fingerprint density at radius 2 is 1.66 bits per heavy atom. The molecule has 0 atom stereocenters. The maximum absolute atomic E-state index is 13.2. The highest BCUT2D eigenvalue weighted by molar-refractivity contribution is 8.06. The normalized spacial score (nSPS) is 15.2. The van der Waals surface area contributed by atoms with Gasteiger partial charge in [0.1, 0.15) is 0 Å². The molecule has 2 aromatic carbocycles. The number of amides is 1. The molecule has 0 aromatic heterocycles. The van der Waals surface area contributed by atoms with Crippen molar-refractivity contribution in [3.05, 3.63) is 65.2 Å². The third kappa shape index (κ3) is 7.26. The standard InChI is InChI=1S/C24H31N2O4PS/c25-22-17-19-11-6-7-12-20(19)18-26(23-14-9-8-13-21(22)23)24(27)15-5-3-1-2-4-10-16-30-31(28,29)32/h6-9,11-14,17H,1-5,10,15-16,18,25H2,(H2,28,29,32)/b22-17+. The first-order valence-electron chi connectivity index (χ1n) is 11.0. The number of carbonyl (C=O) groups excluding carboxylic acids is 1. The average Bonchev–Trinajstić information content (AvgIpc) is 2.75. The molecule has 0 aliphatic carbocycles. The SMILES string of the molecule is N/C1=C/c2ccccc2CN(C(=O)CCCCCCCCOP(O)(O)=S)c2ccccc21. The molecule has 0 radical (unpaired) electrons. The average molecular weight is 475 g/mol. The Morgan fingerprint density at radius 1 is 1.00 bits per heavy atom. The molecule has 4 N–H and O–H groups in total. The summed E-state index contributed by atoms with van der Waals surface area (Å²) in [6.45, 7) is -2.73. The van der Waals surface area contributed by atoms with E-state index in [1.54, 1.807) is 0 Å². The smallest absolute Gasteiger partial charge is 0.321 e. The lowest BCUT2D eigenvalue weighted by Crippen LogP contribution is -2.32. The monoisotopic (exact) mass is 474 g/mol. The van der Waals surface area contributed by atoms with Gasteiger partial charge in [-0.15, -0.1) is 0 Å². The molecule has 1 aliphatic heterocycles. The molecule has 2 aromatic rings. The number of para-hydroxylation sites is 1. The van der Waals surface area contributed by atoms with Gasteiger partial charge in [-0.3, -0.25) is 4.79 Å². The molecule has 0 saturated carbocycles. The first-order chi connectivity index (χ1) is 15.3. The summed E-state index contributed by atoms with van der Waals surface area (Å²) in [6.07, 6.45) is 7.99. The van der Waals surface area contributed by atoms with E-state index in [0.717, 1.165) is 60.9 Å². The first kappa shape index (κ1) is 24.6. The van der Waals surface area contributed by atoms with Crippen LogP contribution in [0.3, 0.4) is 0 Å². The van der Waals surface area contributed by atoms with Gasteiger partial charge in [0, 0.05) is 17.7 Å². The topological polar surface area (TPSA) is 96.0 Å². The number of fused-ring (bicyclic) bond motifs is 2. The largest absolute Gasteiger partial charge is 0.398 e. The Labute approximate surface area is 195 Å². The minimum absolute atomic E-state index is 0.104. The molecule has 1 aliphatic rings. The zero-order valence-corrected chi connectivity index (χ0v) is 19.9. The Kier molecular flexibility index (Phi) is 9.02. The highest BCUT2D eigenvalue weighted by Crippen LogP contribution is 2.36. The minimum Gasteiger partial charge on any atom is -0.398 e. The number of anilines is 1. The van der Waals surface area contributed by atoms with E-state index in [2.05, 4.69) is 11.8 Å². The van der Waals surface area contributed by atoms with Crippen LogP contribution in [0.2, 0.25) is 0 Å². The summed E-state index contributed by atoms with van der Waals surface area (Å²) in [4.78, 5) is 33.1. The zero-order valence-electron chi connectivity index (χ0n) is 18.2. The molecule has 3 rings (SSSR count). The van der Waals surface area contributed by atoms with E-state index in [9.17, 15) is 4.79 Å². The van der Waals surface area contributed by atoms with Gasteiger partial charge in [-0.2, -0.15) is 0 Å². The number of nitrogens with two attached hydrogens (primary N) is 1. The number of benzene rings is 2. The minimum atomic E-state index is -3.53. The van der Waals surface area contributed by atoms with Gasteiger partial charge in [-0.25, -0.2) is 0 Å². The summed E-state index contributed by atoms with van der Waals surface area (Å²) < 4.78 is 4.81. The van der Waals surface area contributed by atoms with Gasteiger partial charge in [0.25, 0.3) is 0 Å². The van der Waals surface area contributed by atoms with Crippen LogP contribution < -0.4 is 10.6 Å². The molecular formula is C24H31N2O4PS. The van der Waals surface area contributed by atoms with Gasteiger partial charge < -0.3 is 24.9 Å². The van der Waals surface area contributed by atoms with Gasteiger partial charge in [-0.05, 0) is 47.9 Å². The molecule has 0 bridgehead atoms. The lowest BCUT2D eigenvalue weighted by molar-refractivity contribution is -0.118. The summed E-state index contributed by atoms with van der Waals surface area (Å²) >= 11 is 4.42. The van der Waals surface area contributed by atoms with Gasteiger partial charge in [0.05, 0.1) is 18.8 Å². The van der Waals surface area contributed by atoms with Crippen LogP contribution in [-0.4, -0.2) is 22.3 Å². The van der Waals surface area contributed by atoms with Crippen molar-refractivity contribution in [1.29, 1.82) is 0 Å². The predicted molar refractivity (Wildman–Crippen MR) is 133 cm³/mol. The van der Waals surface area contributed by atoms with E-state index < -0.39 is 6.72 Å². The van der Waals surface area contributed by atoms with Gasteiger partial charge >= 0.3 is 6.72 Å². The Bertz CT molecular complexity index is 1000. The van der Waals surface area contributed by atoms with Crippen molar-refractivity contribution < 1.29 is 19.1 Å². The fourth-order valence-corrected chi connectivity index (χ4v) is 4.49. The molecule has 0 spiro atoms. The molecule has 0 saturated heterocycles. The molecule has 172 valence electrons. The molecule has 0 unspecified atom stereocenters. The number of nitrogens with zero attached hydrogens (tertiary/aromatic N) is 1. The fraction of sp³-hybridized carbons (Fsp3) is 0.375. The van der Waals surface area contributed by atoms with E-state index >= 15 is 0 Å². The summed E-state index contributed by atoms with van der Waals surface area (Å²) in [7, 11) is 0. The number of carbonyl (C=O) groups is 1. The van der Waals surface area contributed by atoms with Crippen LogP contribution in [0.5, 0.6) is 0 Å². The summed E-state index contributed by atoms with van der Waals surface area (Å²) in [5.74, 6) is 0.104. The zero-order chi connectivity index (χ0) is 23.0. The van der Waals surface area contributed by atoms with Crippen LogP contribution in [0.1, 0.15) is 61.6 Å². The Balaban J connectivity index is 1.54. The lowest BCUT2D eigenvalue weighted by atomic mass is 9.98. The van der Waals surface area contributed by atoms with E-state index in [-0.39, 0.29) is 12.5 Å². The van der Waals surface area contributed by atoms with Crippen molar-refractivity contribution in [1.82, 2.24) is 0 Å². The molecule has 1 amide bonds. The van der Waals surface area contributed by atoms with Gasteiger partial charge in [0.2, 0.25) is 5.91 Å². The van der Waals surface area contributed by atoms with Gasteiger partial charge in [-0.1, -0.05) is 68.1 Å². The maximum Gasteiger partial charge on any atom is 0.321 e. The summed E-state index contributed by atoms with van der Waals surface area (Å²) in [5, 5.41) is 0. The number of hydrogen-bond acceptors (Lipinski definition) is 4. The fourth-order valence-electron chi connectivity index (χ4n) is 3.90. The first-order valence-corrected chi connectivity index (χ1v) is 13.6. The van der Waals surface area contributed by atoms with Crippen LogP contribution >= 0.6 is 6.72 Å². The third-order valence-corrected chi connectivity index (χ3v) is 6.38. The van der Waals surface area contributed by atoms with Crippen molar-refractivity contribution in [2.24, 2.45) is 5.73 Å². The van der Waals surface area contributed by atoms with E-state index in [4.69, 9.17) is 20.0 Å². The van der Waals surface area contributed by atoms with E-state index in [1.807, 2.05) is 59.5 Å². The molecule has 6 nitrogen and oxygen atoms in total. The predicted octanol–water partition coefficient (Wildman–Crippen LogP) is 4.95. The highest BCUT2D eigenvalue weighted by atomic mass is 32.5. The number of hydrogen-bond donors (Lipinski definition) is 3. The Morgan fingerprint density at radius 3 is 2.44 bits per heavy atom. The van der Waals surface area contributed by atoms with Crippen molar-refractivity contribution in [2.75, 3.05) is 11.5 Å².